The standard InChI is InChI=1S/C13H16N2O2.2C2H6/c1-5-8-11(6-2)15-9-12(10(4)14-15)13(16)17-7-3;2*1-2/h5-6,8-9H,1-2,7H2,3-4H3;2*1-2H3/b11-8+;;. The third-order valence-electron chi connectivity index (χ3n) is 2.16. The molecule has 1 heterocycles. The normalized spacial score (nSPS) is 9.52. The Balaban J connectivity index is 0. The molecule has 0 saturated carbocycles. The Bertz CT molecular complexity index is 471. The van der Waals surface area contributed by atoms with Crippen LogP contribution in [0.3, 0.4) is 0 Å². The van der Waals surface area contributed by atoms with Gasteiger partial charge in [-0.2, -0.15) is 5.10 Å². The second-order valence-electron chi connectivity index (χ2n) is 3.32. The van der Waals surface area contributed by atoms with E-state index in [2.05, 4.69) is 18.3 Å². The van der Waals surface area contributed by atoms with Gasteiger partial charge >= 0.3 is 5.97 Å². The maximum absolute atomic E-state index is 11.6. The van der Waals surface area contributed by atoms with Crippen molar-refractivity contribution >= 4 is 11.7 Å². The molecule has 21 heavy (non-hydrogen) atoms. The monoisotopic (exact) mass is 292 g/mol. The lowest BCUT2D eigenvalue weighted by molar-refractivity contribution is 0.0525. The molecule has 0 fully saturated rings. The summed E-state index contributed by atoms with van der Waals surface area (Å²) in [4.78, 5) is 11.6. The second kappa shape index (κ2) is 12.9. The van der Waals surface area contributed by atoms with E-state index < -0.39 is 0 Å². The van der Waals surface area contributed by atoms with Gasteiger partial charge in [-0.1, -0.05) is 46.9 Å². The van der Waals surface area contributed by atoms with Gasteiger partial charge in [-0.3, -0.25) is 0 Å². The third-order valence-corrected chi connectivity index (χ3v) is 2.16. The topological polar surface area (TPSA) is 44.1 Å². The van der Waals surface area contributed by atoms with Crippen LogP contribution in [0.4, 0.5) is 0 Å². The smallest absolute Gasteiger partial charge is 0.341 e. The maximum atomic E-state index is 11.6. The van der Waals surface area contributed by atoms with Crippen molar-refractivity contribution in [1.82, 2.24) is 9.78 Å². The molecule has 1 aromatic rings. The average molecular weight is 292 g/mol. The summed E-state index contributed by atoms with van der Waals surface area (Å²) in [7, 11) is 0. The molecule has 0 N–H and O–H groups in total. The van der Waals surface area contributed by atoms with Crippen LogP contribution in [-0.2, 0) is 4.74 Å². The average Bonchev–Trinajstić information content (AvgIpc) is 2.91. The molecule has 0 aliphatic heterocycles. The molecule has 0 saturated heterocycles. The van der Waals surface area contributed by atoms with Crippen LogP contribution >= 0.6 is 0 Å². The lowest BCUT2D eigenvalue weighted by atomic mass is 10.3. The van der Waals surface area contributed by atoms with Crippen molar-refractivity contribution < 1.29 is 9.53 Å². The number of esters is 1. The third kappa shape index (κ3) is 6.75. The summed E-state index contributed by atoms with van der Waals surface area (Å²) >= 11 is 0. The summed E-state index contributed by atoms with van der Waals surface area (Å²) in [6, 6.07) is 0. The molecule has 4 nitrogen and oxygen atoms in total. The fourth-order valence-electron chi connectivity index (χ4n) is 1.36. The molecule has 1 aromatic heterocycles. The van der Waals surface area contributed by atoms with Crippen LogP contribution in [0.15, 0.2) is 37.6 Å². The van der Waals surface area contributed by atoms with E-state index in [1.165, 1.54) is 0 Å². The molecule has 0 bridgehead atoms. The first kappa shape index (κ1) is 21.2. The Morgan fingerprint density at radius 1 is 1.33 bits per heavy atom. The number of hydrogen-bond acceptors (Lipinski definition) is 3. The zero-order valence-electron chi connectivity index (χ0n) is 14.1. The van der Waals surface area contributed by atoms with Crippen LogP contribution in [0, 0.1) is 6.92 Å². The number of hydrogen-bond donors (Lipinski definition) is 0. The summed E-state index contributed by atoms with van der Waals surface area (Å²) < 4.78 is 6.52. The first-order valence-corrected chi connectivity index (χ1v) is 7.33. The molecule has 0 atom stereocenters. The van der Waals surface area contributed by atoms with E-state index in [1.807, 2.05) is 27.7 Å². The largest absolute Gasteiger partial charge is 0.462 e. The zero-order valence-corrected chi connectivity index (χ0v) is 14.1. The van der Waals surface area contributed by atoms with E-state index in [0.717, 1.165) is 5.70 Å². The predicted octanol–water partition coefficient (Wildman–Crippen LogP) is 4.63. The quantitative estimate of drug-likeness (QED) is 0.587. The minimum atomic E-state index is -0.363. The van der Waals surface area contributed by atoms with Crippen molar-refractivity contribution in [1.29, 1.82) is 0 Å². The van der Waals surface area contributed by atoms with E-state index in [4.69, 9.17) is 4.74 Å². The van der Waals surface area contributed by atoms with Crippen LogP contribution in [0.2, 0.25) is 0 Å². The van der Waals surface area contributed by atoms with Crippen molar-refractivity contribution in [2.24, 2.45) is 0 Å². The van der Waals surface area contributed by atoms with Gasteiger partial charge in [-0.05, 0) is 26.0 Å². The van der Waals surface area contributed by atoms with E-state index in [1.54, 1.807) is 43.0 Å². The molecular formula is C17H28N2O2. The Labute approximate surface area is 128 Å². The number of aryl methyl sites for hydroxylation is 1. The Kier molecular flexibility index (Phi) is 13.0. The minimum Gasteiger partial charge on any atom is -0.462 e. The molecule has 0 amide bonds. The molecule has 0 aliphatic carbocycles. The molecule has 0 aromatic carbocycles. The highest BCUT2D eigenvalue weighted by Crippen LogP contribution is 2.12. The van der Waals surface area contributed by atoms with Gasteiger partial charge in [0.1, 0.15) is 5.56 Å². The first-order chi connectivity index (χ1) is 10.1. The Morgan fingerprint density at radius 2 is 1.90 bits per heavy atom. The highest BCUT2D eigenvalue weighted by molar-refractivity contribution is 5.90. The summed E-state index contributed by atoms with van der Waals surface area (Å²) in [5.41, 5.74) is 1.84. The van der Waals surface area contributed by atoms with Crippen LogP contribution in [0.25, 0.3) is 5.70 Å². The van der Waals surface area contributed by atoms with Crippen molar-refractivity contribution in [3.05, 3.63) is 48.8 Å². The number of allylic oxidation sites excluding steroid dienone is 4. The molecule has 118 valence electrons. The van der Waals surface area contributed by atoms with Gasteiger partial charge in [0.2, 0.25) is 0 Å². The van der Waals surface area contributed by atoms with Crippen molar-refractivity contribution in [3.63, 3.8) is 0 Å². The fourth-order valence-corrected chi connectivity index (χ4v) is 1.36. The number of rotatable bonds is 5. The lowest BCUT2D eigenvalue weighted by Crippen LogP contribution is -2.04. The summed E-state index contributed by atoms with van der Waals surface area (Å²) in [6.45, 7) is 19.2. The highest BCUT2D eigenvalue weighted by Gasteiger charge is 2.14. The van der Waals surface area contributed by atoms with E-state index in [9.17, 15) is 4.79 Å². The van der Waals surface area contributed by atoms with Gasteiger partial charge in [0.05, 0.1) is 18.0 Å². The first-order valence-electron chi connectivity index (χ1n) is 7.33. The summed E-state index contributed by atoms with van der Waals surface area (Å²) in [5, 5.41) is 4.23. The number of ether oxygens (including phenoxy) is 1. The summed E-state index contributed by atoms with van der Waals surface area (Å²) in [6.07, 6.45) is 6.67. The Hall–Kier alpha value is -2.10. The highest BCUT2D eigenvalue weighted by atomic mass is 16.5. The second-order valence-corrected chi connectivity index (χ2v) is 3.32. The van der Waals surface area contributed by atoms with Crippen LogP contribution in [0.5, 0.6) is 0 Å². The number of carbonyl (C=O) groups is 1. The molecule has 1 rings (SSSR count). The van der Waals surface area contributed by atoms with Crippen LogP contribution in [-0.4, -0.2) is 22.4 Å². The fraction of sp³-hybridized carbons (Fsp3) is 0.412. The van der Waals surface area contributed by atoms with Gasteiger partial charge in [0, 0.05) is 6.20 Å². The van der Waals surface area contributed by atoms with Crippen LogP contribution in [0.1, 0.15) is 50.7 Å². The molecule has 0 aliphatic rings. The summed E-state index contributed by atoms with van der Waals surface area (Å²) in [5.74, 6) is -0.363. The lowest BCUT2D eigenvalue weighted by Gasteiger charge is -1.99. The number of aromatic nitrogens is 2. The minimum absolute atomic E-state index is 0.347. The zero-order chi connectivity index (χ0) is 16.8. The van der Waals surface area contributed by atoms with E-state index in [-0.39, 0.29) is 5.97 Å². The van der Waals surface area contributed by atoms with Crippen LogP contribution < -0.4 is 0 Å². The maximum Gasteiger partial charge on any atom is 0.341 e. The van der Waals surface area contributed by atoms with Gasteiger partial charge in [0.15, 0.2) is 0 Å². The number of nitrogens with zero attached hydrogens (tertiary/aromatic N) is 2. The van der Waals surface area contributed by atoms with Crippen molar-refractivity contribution in [2.45, 2.75) is 41.5 Å². The van der Waals surface area contributed by atoms with Gasteiger partial charge in [0.25, 0.3) is 0 Å². The van der Waals surface area contributed by atoms with Gasteiger partial charge in [-0.15, -0.1) is 0 Å². The molecule has 0 spiro atoms. The van der Waals surface area contributed by atoms with Crippen molar-refractivity contribution in [2.75, 3.05) is 6.61 Å². The molecular weight excluding hydrogens is 264 g/mol. The SMILES string of the molecule is C=C/C=C(\C=C)n1cc(C(=O)OCC)c(C)n1.CC.CC. The molecule has 0 unspecified atom stereocenters. The predicted molar refractivity (Wildman–Crippen MR) is 90.3 cm³/mol. The van der Waals surface area contributed by atoms with Crippen molar-refractivity contribution in [3.8, 4) is 0 Å². The van der Waals surface area contributed by atoms with Gasteiger partial charge < -0.3 is 4.74 Å². The van der Waals surface area contributed by atoms with E-state index >= 15 is 0 Å². The van der Waals surface area contributed by atoms with Gasteiger partial charge in [-0.25, -0.2) is 9.48 Å². The number of carbonyl (C=O) groups excluding carboxylic acids is 1. The molecule has 4 heteroatoms. The Morgan fingerprint density at radius 3 is 2.33 bits per heavy atom. The van der Waals surface area contributed by atoms with E-state index in [0.29, 0.717) is 17.9 Å². The molecule has 0 radical (unpaired) electrons.